The molecule has 3 unspecified atom stereocenters. The van der Waals surface area contributed by atoms with Crippen LogP contribution in [0.1, 0.15) is 23.5 Å². The molecule has 198 valence electrons. The van der Waals surface area contributed by atoms with Crippen LogP contribution < -0.4 is 0 Å². The summed E-state index contributed by atoms with van der Waals surface area (Å²) in [5.41, 5.74) is 0.168. The Morgan fingerprint density at radius 2 is 1.73 bits per heavy atom. The van der Waals surface area contributed by atoms with Gasteiger partial charge in [-0.3, -0.25) is 9.98 Å². The number of likely N-dealkylation sites (tertiary alicyclic amines) is 1. The van der Waals surface area contributed by atoms with Crippen molar-refractivity contribution in [1.82, 2.24) is 14.8 Å². The van der Waals surface area contributed by atoms with Gasteiger partial charge in [0.2, 0.25) is 0 Å². The fourth-order valence-corrected chi connectivity index (χ4v) is 7.17. The molecule has 3 aliphatic rings. The van der Waals surface area contributed by atoms with E-state index >= 15 is 0 Å². The lowest BCUT2D eigenvalue weighted by Crippen LogP contribution is -2.53. The molecule has 2 fully saturated rings. The van der Waals surface area contributed by atoms with Gasteiger partial charge >= 0.3 is 12.2 Å². The predicted octanol–water partition coefficient (Wildman–Crippen LogP) is 5.26. The van der Waals surface area contributed by atoms with Crippen LogP contribution in [-0.4, -0.2) is 82.8 Å². The molecule has 1 aromatic carbocycles. The molecular formula is C26H29F3N4O2S2. The Kier molecular flexibility index (Phi) is 8.31. The first kappa shape index (κ1) is 26.4. The summed E-state index contributed by atoms with van der Waals surface area (Å²) >= 11 is 3.50. The van der Waals surface area contributed by atoms with Gasteiger partial charge in [-0.15, -0.1) is 23.5 Å². The monoisotopic (exact) mass is 550 g/mol. The number of pyridine rings is 1. The minimum atomic E-state index is -4.37. The first-order valence-electron chi connectivity index (χ1n) is 12.4. The molecule has 5 rings (SSSR count). The highest BCUT2D eigenvalue weighted by atomic mass is 32.2. The second-order valence-electron chi connectivity index (χ2n) is 9.46. The molecule has 0 N–H and O–H groups in total. The van der Waals surface area contributed by atoms with Crippen LogP contribution in [0.15, 0.2) is 58.7 Å². The summed E-state index contributed by atoms with van der Waals surface area (Å²) in [5.74, 6) is 1.77. The fraction of sp³-hybridized carbons (Fsp3) is 0.500. The van der Waals surface area contributed by atoms with Crippen LogP contribution in [0.5, 0.6) is 0 Å². The van der Waals surface area contributed by atoms with Gasteiger partial charge in [0.25, 0.3) is 0 Å². The number of nitrogens with zero attached hydrogens (tertiary/aromatic N) is 4. The number of alkyl halides is 3. The zero-order valence-electron chi connectivity index (χ0n) is 20.3. The molecule has 0 spiro atoms. The molecule has 11 heteroatoms. The Hall–Kier alpha value is -2.24. The average Bonchev–Trinajstić information content (AvgIpc) is 3.41. The van der Waals surface area contributed by atoms with Crippen LogP contribution in [0, 0.1) is 5.92 Å². The number of carbonyl (C=O) groups excluding carboxylic acids is 1. The molecule has 1 aromatic heterocycles. The van der Waals surface area contributed by atoms with E-state index < -0.39 is 11.7 Å². The van der Waals surface area contributed by atoms with E-state index in [1.807, 2.05) is 21.9 Å². The highest BCUT2D eigenvalue weighted by molar-refractivity contribution is 8.14. The average molecular weight is 551 g/mol. The van der Waals surface area contributed by atoms with Gasteiger partial charge in [-0.05, 0) is 36.2 Å². The molecule has 2 aromatic rings. The Balaban J connectivity index is 1.32. The van der Waals surface area contributed by atoms with E-state index in [0.29, 0.717) is 39.4 Å². The van der Waals surface area contributed by atoms with Gasteiger partial charge in [0.05, 0.1) is 29.9 Å². The molecule has 0 radical (unpaired) electrons. The summed E-state index contributed by atoms with van der Waals surface area (Å²) in [4.78, 5) is 27.3. The summed E-state index contributed by atoms with van der Waals surface area (Å²) in [6, 6.07) is 9.54. The number of thioether (sulfide) groups is 2. The maximum atomic E-state index is 13.4. The molecule has 2 saturated heterocycles. The minimum absolute atomic E-state index is 0.0294. The number of rotatable bonds is 5. The van der Waals surface area contributed by atoms with E-state index in [1.165, 1.54) is 0 Å². The van der Waals surface area contributed by atoms with E-state index in [4.69, 9.17) is 9.73 Å². The summed E-state index contributed by atoms with van der Waals surface area (Å²) in [6.45, 7) is 3.19. The zero-order valence-corrected chi connectivity index (χ0v) is 21.9. The number of aliphatic imine (C=N–C) groups is 1. The Bertz CT molecular complexity index is 1100. The van der Waals surface area contributed by atoms with Crippen molar-refractivity contribution in [3.8, 4) is 0 Å². The number of aromatic nitrogens is 1. The number of morpholine rings is 1. The maximum Gasteiger partial charge on any atom is 0.416 e. The SMILES string of the molecule is O=C(N1CCOCC1)N1CC(C2=NC(CSc3ccncc3)CS2)CC(c2ccc(C(F)(F)F)cc2)C1. The molecule has 0 aliphatic carbocycles. The van der Waals surface area contributed by atoms with Crippen molar-refractivity contribution in [2.24, 2.45) is 10.9 Å². The lowest BCUT2D eigenvalue weighted by molar-refractivity contribution is -0.137. The third-order valence-corrected chi connectivity index (χ3v) is 9.33. The van der Waals surface area contributed by atoms with Crippen LogP contribution in [0.4, 0.5) is 18.0 Å². The molecular weight excluding hydrogens is 521 g/mol. The van der Waals surface area contributed by atoms with E-state index in [-0.39, 0.29) is 23.9 Å². The molecule has 3 aliphatic heterocycles. The second-order valence-corrected chi connectivity index (χ2v) is 11.6. The summed E-state index contributed by atoms with van der Waals surface area (Å²) in [7, 11) is 0. The van der Waals surface area contributed by atoms with Gasteiger partial charge in [0.1, 0.15) is 0 Å². The van der Waals surface area contributed by atoms with Crippen molar-refractivity contribution in [3.63, 3.8) is 0 Å². The summed E-state index contributed by atoms with van der Waals surface area (Å²) in [5, 5.41) is 1.05. The van der Waals surface area contributed by atoms with Crippen molar-refractivity contribution in [1.29, 1.82) is 0 Å². The van der Waals surface area contributed by atoms with Gasteiger partial charge < -0.3 is 14.5 Å². The van der Waals surface area contributed by atoms with Gasteiger partial charge in [-0.2, -0.15) is 13.2 Å². The predicted molar refractivity (Wildman–Crippen MR) is 140 cm³/mol. The van der Waals surface area contributed by atoms with Crippen molar-refractivity contribution in [2.45, 2.75) is 29.5 Å². The lowest BCUT2D eigenvalue weighted by Gasteiger charge is -2.41. The molecule has 3 atom stereocenters. The van der Waals surface area contributed by atoms with Gasteiger partial charge in [-0.1, -0.05) is 12.1 Å². The maximum absolute atomic E-state index is 13.4. The normalized spacial score (nSPS) is 24.7. The standard InChI is InChI=1S/C26H29F3N4O2S2/c27-26(28,29)21-3-1-18(2-4-21)19-13-20(15-33(14-19)25(34)32-9-11-35-12-10-32)24-31-22(17-37-24)16-36-23-5-7-30-8-6-23/h1-8,19-20,22H,9-17H2. The van der Waals surface area contributed by atoms with Gasteiger partial charge in [0, 0.05) is 66.8 Å². The minimum Gasteiger partial charge on any atom is -0.378 e. The zero-order chi connectivity index (χ0) is 25.8. The molecule has 0 bridgehead atoms. The third kappa shape index (κ3) is 6.61. The molecule has 0 saturated carbocycles. The number of ether oxygens (including phenoxy) is 1. The van der Waals surface area contributed by atoms with E-state index in [1.54, 1.807) is 48.1 Å². The van der Waals surface area contributed by atoms with Crippen LogP contribution in [0.25, 0.3) is 0 Å². The van der Waals surface area contributed by atoms with Crippen molar-refractivity contribution < 1.29 is 22.7 Å². The van der Waals surface area contributed by atoms with Gasteiger partial charge in [-0.25, -0.2) is 4.79 Å². The van der Waals surface area contributed by atoms with E-state index in [9.17, 15) is 18.0 Å². The second kappa shape index (κ2) is 11.7. The number of hydrogen-bond acceptors (Lipinski definition) is 6. The highest BCUT2D eigenvalue weighted by Crippen LogP contribution is 2.38. The fourth-order valence-electron chi connectivity index (χ4n) is 4.95. The molecule has 6 nitrogen and oxygen atoms in total. The highest BCUT2D eigenvalue weighted by Gasteiger charge is 2.38. The Labute approximate surface area is 223 Å². The Morgan fingerprint density at radius 3 is 2.43 bits per heavy atom. The van der Waals surface area contributed by atoms with Crippen molar-refractivity contribution >= 4 is 34.6 Å². The summed E-state index contributed by atoms with van der Waals surface area (Å²) in [6.07, 6.45) is -0.0490. The van der Waals surface area contributed by atoms with Crippen LogP contribution in [0.2, 0.25) is 0 Å². The first-order chi connectivity index (χ1) is 17.9. The number of hydrogen-bond donors (Lipinski definition) is 0. The van der Waals surface area contributed by atoms with Crippen LogP contribution >= 0.6 is 23.5 Å². The molecule has 2 amide bonds. The largest absolute Gasteiger partial charge is 0.416 e. The molecule has 37 heavy (non-hydrogen) atoms. The number of benzene rings is 1. The van der Waals surface area contributed by atoms with Crippen molar-refractivity contribution in [2.75, 3.05) is 50.9 Å². The topological polar surface area (TPSA) is 58.0 Å². The van der Waals surface area contributed by atoms with E-state index in [2.05, 4.69) is 4.98 Å². The Morgan fingerprint density at radius 1 is 1.03 bits per heavy atom. The number of piperidine rings is 1. The lowest BCUT2D eigenvalue weighted by atomic mass is 9.84. The third-order valence-electron chi connectivity index (χ3n) is 6.89. The van der Waals surface area contributed by atoms with Gasteiger partial charge in [0.15, 0.2) is 0 Å². The van der Waals surface area contributed by atoms with E-state index in [0.717, 1.165) is 45.6 Å². The van der Waals surface area contributed by atoms with Crippen LogP contribution in [0.3, 0.4) is 0 Å². The first-order valence-corrected chi connectivity index (χ1v) is 14.4. The number of urea groups is 1. The van der Waals surface area contributed by atoms with Crippen LogP contribution in [-0.2, 0) is 10.9 Å². The smallest absolute Gasteiger partial charge is 0.378 e. The number of carbonyl (C=O) groups is 1. The quantitative estimate of drug-likeness (QED) is 0.475. The number of amides is 2. The summed E-state index contributed by atoms with van der Waals surface area (Å²) < 4.78 is 44.8. The molecule has 4 heterocycles. The van der Waals surface area contributed by atoms with Crippen molar-refractivity contribution in [3.05, 3.63) is 59.9 Å². The number of halogens is 3.